The Morgan fingerprint density at radius 3 is 2.62 bits per heavy atom. The fourth-order valence-corrected chi connectivity index (χ4v) is 2.33. The first-order chi connectivity index (χ1) is 10.1. The van der Waals surface area contributed by atoms with Gasteiger partial charge in [0.15, 0.2) is 11.5 Å². The molecule has 2 rings (SSSR count). The summed E-state index contributed by atoms with van der Waals surface area (Å²) in [4.78, 5) is 24.0. The van der Waals surface area contributed by atoms with Gasteiger partial charge >= 0.3 is 5.97 Å². The average Bonchev–Trinajstić information content (AvgIpc) is 3.29. The first-order valence-corrected chi connectivity index (χ1v) is 7.58. The van der Waals surface area contributed by atoms with E-state index in [0.29, 0.717) is 22.7 Å². The van der Waals surface area contributed by atoms with Crippen molar-refractivity contribution in [2.45, 2.75) is 19.8 Å². The van der Waals surface area contributed by atoms with Crippen molar-refractivity contribution in [1.29, 1.82) is 0 Å². The lowest BCUT2D eigenvalue weighted by Crippen LogP contribution is -2.19. The Labute approximate surface area is 131 Å². The van der Waals surface area contributed by atoms with Crippen molar-refractivity contribution in [3.8, 4) is 11.5 Å². The van der Waals surface area contributed by atoms with Gasteiger partial charge in [0.25, 0.3) is 5.78 Å². The molecule has 1 fully saturated rings. The minimum absolute atomic E-state index is 0.143. The maximum Gasteiger partial charge on any atom is 0.379 e. The molecule has 1 aliphatic rings. The normalized spacial score (nSPS) is 13.7. The topological polar surface area (TPSA) is 61.8 Å². The molecule has 0 radical (unpaired) electrons. The van der Waals surface area contributed by atoms with Crippen molar-refractivity contribution >= 4 is 27.7 Å². The van der Waals surface area contributed by atoms with E-state index in [0.717, 1.165) is 12.8 Å². The Morgan fingerprint density at radius 2 is 2.05 bits per heavy atom. The predicted molar refractivity (Wildman–Crippen MR) is 79.9 cm³/mol. The number of halogens is 1. The van der Waals surface area contributed by atoms with Gasteiger partial charge in [-0.05, 0) is 53.7 Å². The van der Waals surface area contributed by atoms with E-state index in [9.17, 15) is 9.59 Å². The predicted octanol–water partition coefficient (Wildman–Crippen LogP) is 2.99. The molecule has 21 heavy (non-hydrogen) atoms. The van der Waals surface area contributed by atoms with Crippen molar-refractivity contribution < 1.29 is 23.8 Å². The highest BCUT2D eigenvalue weighted by Crippen LogP contribution is 2.38. The van der Waals surface area contributed by atoms with Crippen molar-refractivity contribution in [2.24, 2.45) is 5.92 Å². The highest BCUT2D eigenvalue weighted by molar-refractivity contribution is 9.10. The zero-order chi connectivity index (χ0) is 15.4. The standard InChI is InChI=1S/C15H17BrO5/c1-3-20-15(18)13(17)12-10(16)6-7-11(19-2)14(12)21-8-9-4-5-9/h6-7,9H,3-5,8H2,1-2H3. The molecule has 0 bridgehead atoms. The van der Waals surface area contributed by atoms with Crippen molar-refractivity contribution in [2.75, 3.05) is 20.3 Å². The summed E-state index contributed by atoms with van der Waals surface area (Å²) in [5, 5.41) is 0. The Kier molecular flexibility index (Phi) is 5.22. The first-order valence-electron chi connectivity index (χ1n) is 6.79. The van der Waals surface area contributed by atoms with Crippen LogP contribution in [0.2, 0.25) is 0 Å². The summed E-state index contributed by atoms with van der Waals surface area (Å²) >= 11 is 3.29. The van der Waals surface area contributed by atoms with E-state index in [4.69, 9.17) is 14.2 Å². The van der Waals surface area contributed by atoms with Crippen LogP contribution >= 0.6 is 15.9 Å². The molecule has 0 aliphatic heterocycles. The zero-order valence-corrected chi connectivity index (χ0v) is 13.6. The monoisotopic (exact) mass is 356 g/mol. The Balaban J connectivity index is 2.35. The molecule has 1 aliphatic carbocycles. The molecule has 0 N–H and O–H groups in total. The lowest BCUT2D eigenvalue weighted by atomic mass is 10.1. The van der Waals surface area contributed by atoms with Crippen LogP contribution in [0.1, 0.15) is 30.1 Å². The van der Waals surface area contributed by atoms with E-state index >= 15 is 0 Å². The summed E-state index contributed by atoms with van der Waals surface area (Å²) in [5.74, 6) is -0.418. The van der Waals surface area contributed by atoms with E-state index in [1.165, 1.54) is 7.11 Å². The van der Waals surface area contributed by atoms with Crippen LogP contribution in [-0.2, 0) is 9.53 Å². The zero-order valence-electron chi connectivity index (χ0n) is 12.0. The number of methoxy groups -OCH3 is 1. The second kappa shape index (κ2) is 6.93. The fourth-order valence-electron chi connectivity index (χ4n) is 1.84. The minimum Gasteiger partial charge on any atom is -0.493 e. The third-order valence-electron chi connectivity index (χ3n) is 3.14. The van der Waals surface area contributed by atoms with Gasteiger partial charge in [-0.25, -0.2) is 4.79 Å². The number of rotatable bonds is 7. The van der Waals surface area contributed by atoms with Crippen molar-refractivity contribution in [1.82, 2.24) is 0 Å². The second-order valence-electron chi connectivity index (χ2n) is 4.76. The number of carbonyl (C=O) groups excluding carboxylic acids is 2. The van der Waals surface area contributed by atoms with Crippen LogP contribution in [0, 0.1) is 5.92 Å². The van der Waals surface area contributed by atoms with E-state index in [2.05, 4.69) is 15.9 Å². The van der Waals surface area contributed by atoms with E-state index in [1.807, 2.05) is 0 Å². The molecule has 1 aromatic carbocycles. The molecule has 0 spiro atoms. The number of esters is 1. The summed E-state index contributed by atoms with van der Waals surface area (Å²) < 4.78 is 16.2. The second-order valence-corrected chi connectivity index (χ2v) is 5.61. The van der Waals surface area contributed by atoms with Crippen LogP contribution in [0.5, 0.6) is 11.5 Å². The van der Waals surface area contributed by atoms with Gasteiger partial charge in [0.1, 0.15) is 0 Å². The SMILES string of the molecule is CCOC(=O)C(=O)c1c(Br)ccc(OC)c1OCC1CC1. The quantitative estimate of drug-likeness (QED) is 0.427. The highest BCUT2D eigenvalue weighted by Gasteiger charge is 2.29. The van der Waals surface area contributed by atoms with E-state index in [-0.39, 0.29) is 17.9 Å². The number of hydrogen-bond acceptors (Lipinski definition) is 5. The largest absolute Gasteiger partial charge is 0.493 e. The molecule has 0 atom stereocenters. The molecular formula is C15H17BrO5. The molecule has 0 amide bonds. The number of carbonyl (C=O) groups is 2. The number of ether oxygens (including phenoxy) is 3. The van der Waals surface area contributed by atoms with Crippen LogP contribution in [0.3, 0.4) is 0 Å². The van der Waals surface area contributed by atoms with E-state index in [1.54, 1.807) is 19.1 Å². The summed E-state index contributed by atoms with van der Waals surface area (Å²) in [6.45, 7) is 2.30. The molecule has 1 aromatic rings. The molecule has 0 unspecified atom stereocenters. The third kappa shape index (κ3) is 3.75. The maximum atomic E-state index is 12.3. The Morgan fingerprint density at radius 1 is 1.33 bits per heavy atom. The molecule has 5 nitrogen and oxygen atoms in total. The van der Waals surface area contributed by atoms with Crippen molar-refractivity contribution in [3.63, 3.8) is 0 Å². The maximum absolute atomic E-state index is 12.3. The number of benzene rings is 1. The lowest BCUT2D eigenvalue weighted by Gasteiger charge is -2.15. The van der Waals surface area contributed by atoms with E-state index < -0.39 is 11.8 Å². The van der Waals surface area contributed by atoms with Crippen LogP contribution in [0.4, 0.5) is 0 Å². The fraction of sp³-hybridized carbons (Fsp3) is 0.467. The smallest absolute Gasteiger partial charge is 0.379 e. The number of Topliss-reactive ketones (excluding diaryl/α,β-unsaturated/α-hetero) is 1. The van der Waals surface area contributed by atoms with Gasteiger partial charge in [-0.2, -0.15) is 0 Å². The molecule has 0 aromatic heterocycles. The van der Waals surface area contributed by atoms with Gasteiger partial charge in [-0.15, -0.1) is 0 Å². The number of hydrogen-bond donors (Lipinski definition) is 0. The average molecular weight is 357 g/mol. The van der Waals surface area contributed by atoms with Gasteiger partial charge in [0, 0.05) is 4.47 Å². The molecule has 114 valence electrons. The van der Waals surface area contributed by atoms with Gasteiger partial charge in [-0.1, -0.05) is 0 Å². The Hall–Kier alpha value is -1.56. The number of ketones is 1. The van der Waals surface area contributed by atoms with Crippen LogP contribution < -0.4 is 9.47 Å². The summed E-state index contributed by atoms with van der Waals surface area (Å²) in [6.07, 6.45) is 2.24. The van der Waals surface area contributed by atoms with Gasteiger partial charge in [-0.3, -0.25) is 4.79 Å². The molecule has 0 heterocycles. The van der Waals surface area contributed by atoms with Crippen molar-refractivity contribution in [3.05, 3.63) is 22.2 Å². The highest BCUT2D eigenvalue weighted by atomic mass is 79.9. The summed E-state index contributed by atoms with van der Waals surface area (Å²) in [7, 11) is 1.49. The summed E-state index contributed by atoms with van der Waals surface area (Å²) in [6, 6.07) is 3.34. The van der Waals surface area contributed by atoms with Crippen LogP contribution in [0.25, 0.3) is 0 Å². The molecular weight excluding hydrogens is 340 g/mol. The molecule has 6 heteroatoms. The third-order valence-corrected chi connectivity index (χ3v) is 3.80. The summed E-state index contributed by atoms with van der Waals surface area (Å²) in [5.41, 5.74) is 0.147. The lowest BCUT2D eigenvalue weighted by molar-refractivity contribution is -0.137. The van der Waals surface area contributed by atoms with Gasteiger partial charge in [0.05, 0.1) is 25.9 Å². The minimum atomic E-state index is -0.900. The van der Waals surface area contributed by atoms with Crippen LogP contribution in [-0.4, -0.2) is 32.1 Å². The molecule has 1 saturated carbocycles. The first kappa shape index (κ1) is 15.8. The van der Waals surface area contributed by atoms with Crippen LogP contribution in [0.15, 0.2) is 16.6 Å². The Bertz CT molecular complexity index is 551. The van der Waals surface area contributed by atoms with Gasteiger partial charge in [0.2, 0.25) is 0 Å². The molecule has 0 saturated heterocycles. The van der Waals surface area contributed by atoms with Gasteiger partial charge < -0.3 is 14.2 Å².